The third kappa shape index (κ3) is 7.49. The van der Waals surface area contributed by atoms with Gasteiger partial charge in [-0.05, 0) is 77.0 Å². The van der Waals surface area contributed by atoms with Gasteiger partial charge in [-0.15, -0.1) is 14.0 Å². The van der Waals surface area contributed by atoms with Crippen molar-refractivity contribution in [1.82, 2.24) is 23.5 Å². The van der Waals surface area contributed by atoms with E-state index < -0.39 is 15.2 Å². The summed E-state index contributed by atoms with van der Waals surface area (Å²) >= 11 is 0. The summed E-state index contributed by atoms with van der Waals surface area (Å²) in [7, 11) is 11.6. The number of rotatable bonds is 8. The minimum Gasteiger partial charge on any atom is -0.265 e. The molecule has 1 saturated heterocycles. The van der Waals surface area contributed by atoms with E-state index in [9.17, 15) is 0 Å². The largest absolute Gasteiger partial charge is 0.310 e. The van der Waals surface area contributed by atoms with Gasteiger partial charge in [-0.1, -0.05) is 61.2 Å². The number of benzene rings is 1. The molecule has 218 valence electrons. The number of hydrogen-bond acceptors (Lipinski definition) is 4. The Bertz CT molecular complexity index is 892. The number of hydrogen-bond donors (Lipinski definition) is 1. The van der Waals surface area contributed by atoms with Crippen LogP contribution in [0.5, 0.6) is 0 Å². The molecule has 1 aromatic carbocycles. The highest BCUT2D eigenvalue weighted by Crippen LogP contribution is 2.72. The molecule has 2 aliphatic rings. The first-order valence-electron chi connectivity index (χ1n) is 15.0. The molecule has 0 amide bonds. The SMILES string of the molecule is CN1CCCC(Cc2ccc(C3CCCCCCC3)cc2)P1(=NC(C)(C)C)N[P+](N(C)C)(N(C)C)N(C)C. The van der Waals surface area contributed by atoms with E-state index in [0.29, 0.717) is 5.66 Å². The molecular weight excluding hydrogens is 506 g/mol. The quantitative estimate of drug-likeness (QED) is 0.324. The molecule has 0 spiro atoms. The van der Waals surface area contributed by atoms with E-state index >= 15 is 0 Å². The topological polar surface area (TPSA) is 37.4 Å². The van der Waals surface area contributed by atoms with Crippen LogP contribution in [-0.4, -0.2) is 85.8 Å². The summed E-state index contributed by atoms with van der Waals surface area (Å²) in [5.41, 5.74) is 3.41. The molecule has 1 aliphatic carbocycles. The summed E-state index contributed by atoms with van der Waals surface area (Å²) in [6.07, 6.45) is 13.3. The van der Waals surface area contributed by atoms with Gasteiger partial charge in [-0.2, -0.15) is 0 Å². The molecule has 2 atom stereocenters. The molecule has 38 heavy (non-hydrogen) atoms. The molecule has 0 bridgehead atoms. The highest BCUT2D eigenvalue weighted by atomic mass is 31.3. The van der Waals surface area contributed by atoms with E-state index in [-0.39, 0.29) is 5.54 Å². The molecule has 1 saturated carbocycles. The predicted octanol–water partition coefficient (Wildman–Crippen LogP) is 7.93. The van der Waals surface area contributed by atoms with E-state index in [1.165, 1.54) is 63.4 Å². The first-order chi connectivity index (χ1) is 17.8. The maximum atomic E-state index is 5.77. The zero-order valence-corrected chi connectivity index (χ0v) is 28.2. The Balaban J connectivity index is 1.99. The predicted molar refractivity (Wildman–Crippen MR) is 171 cm³/mol. The van der Waals surface area contributed by atoms with Gasteiger partial charge in [0.1, 0.15) is 7.36 Å². The second-order valence-electron chi connectivity index (χ2n) is 13.3. The molecule has 8 heteroatoms. The maximum absolute atomic E-state index is 5.77. The van der Waals surface area contributed by atoms with Gasteiger partial charge in [-0.3, -0.25) is 9.42 Å². The smallest absolute Gasteiger partial charge is 0.265 e. The monoisotopic (exact) mass is 565 g/mol. The van der Waals surface area contributed by atoms with Crippen molar-refractivity contribution < 1.29 is 0 Å². The van der Waals surface area contributed by atoms with Crippen LogP contribution in [0, 0.1) is 0 Å². The van der Waals surface area contributed by atoms with Crippen molar-refractivity contribution in [2.45, 2.75) is 102 Å². The molecule has 1 heterocycles. The fourth-order valence-electron chi connectivity index (χ4n) is 6.72. The third-order valence-electron chi connectivity index (χ3n) is 8.48. The van der Waals surface area contributed by atoms with Gasteiger partial charge < -0.3 is 0 Å². The Kier molecular flexibility index (Phi) is 11.5. The fraction of sp³-hybridized carbons (Fsp3) is 0.800. The Hall–Kier alpha value is -0.320. The first-order valence-corrected chi connectivity index (χ1v) is 18.4. The molecule has 2 fully saturated rings. The zero-order valence-electron chi connectivity index (χ0n) is 26.4. The van der Waals surface area contributed by atoms with Gasteiger partial charge in [-0.25, -0.2) is 0 Å². The molecule has 6 nitrogen and oxygen atoms in total. The molecule has 1 aliphatic heterocycles. The van der Waals surface area contributed by atoms with Crippen molar-refractivity contribution in [3.8, 4) is 0 Å². The van der Waals surface area contributed by atoms with Crippen molar-refractivity contribution >= 4 is 15.2 Å². The van der Waals surface area contributed by atoms with Crippen LogP contribution in [0.1, 0.15) is 95.6 Å². The van der Waals surface area contributed by atoms with E-state index in [4.69, 9.17) is 4.74 Å². The van der Waals surface area contributed by atoms with Crippen LogP contribution in [0.4, 0.5) is 0 Å². The van der Waals surface area contributed by atoms with Crippen LogP contribution in [0.25, 0.3) is 0 Å². The highest BCUT2D eigenvalue weighted by Gasteiger charge is 2.55. The summed E-state index contributed by atoms with van der Waals surface area (Å²) < 4.78 is 15.6. The highest BCUT2D eigenvalue weighted by molar-refractivity contribution is 7.80. The molecule has 0 radical (unpaired) electrons. The number of nitrogens with one attached hydrogen (secondary N) is 1. The van der Waals surface area contributed by atoms with E-state index in [1.807, 2.05) is 0 Å². The average Bonchev–Trinajstić information content (AvgIpc) is 2.79. The summed E-state index contributed by atoms with van der Waals surface area (Å²) in [6, 6.07) is 9.81. The Morgan fingerprint density at radius 1 is 0.842 bits per heavy atom. The van der Waals surface area contributed by atoms with Gasteiger partial charge in [0.05, 0.1) is 5.54 Å². The standard InChI is InChI=1S/C30H59N6P2/c1-30(2,3)31-37(32-38(33(4)5,34(6)7)35(8)9)29(19-16-24-36(37)10)25-26-20-22-28(23-21-26)27-17-14-12-11-13-15-18-27/h20-23,27,29,32H,11-19,24-25H2,1-10H3/q+1. The van der Waals surface area contributed by atoms with Crippen molar-refractivity contribution in [3.05, 3.63) is 35.4 Å². The normalized spacial score (nSPS) is 25.1. The van der Waals surface area contributed by atoms with Crippen molar-refractivity contribution in [1.29, 1.82) is 0 Å². The molecule has 1 aromatic rings. The van der Waals surface area contributed by atoms with Crippen LogP contribution in [-0.2, 0) is 6.42 Å². The molecule has 0 aromatic heterocycles. The molecule has 1 N–H and O–H groups in total. The molecule has 3 rings (SSSR count). The maximum Gasteiger partial charge on any atom is 0.310 e. The zero-order chi connectivity index (χ0) is 28.1. The minimum atomic E-state index is -2.08. The summed E-state index contributed by atoms with van der Waals surface area (Å²) in [5, 5.41) is 0. The summed E-state index contributed by atoms with van der Waals surface area (Å²) in [5.74, 6) is 0.750. The van der Waals surface area contributed by atoms with E-state index in [1.54, 1.807) is 5.56 Å². The van der Waals surface area contributed by atoms with Gasteiger partial charge in [0.15, 0.2) is 0 Å². The van der Waals surface area contributed by atoms with Crippen LogP contribution in [0.3, 0.4) is 0 Å². The fourth-order valence-corrected chi connectivity index (χ4v) is 17.3. The van der Waals surface area contributed by atoms with Gasteiger partial charge in [0.25, 0.3) is 0 Å². The Morgan fingerprint density at radius 3 is 1.87 bits per heavy atom. The lowest BCUT2D eigenvalue weighted by atomic mass is 9.85. The molecule has 2 unspecified atom stereocenters. The Morgan fingerprint density at radius 2 is 1.37 bits per heavy atom. The van der Waals surface area contributed by atoms with Crippen LogP contribution in [0.15, 0.2) is 29.0 Å². The van der Waals surface area contributed by atoms with Gasteiger partial charge >= 0.3 is 7.87 Å². The summed E-state index contributed by atoms with van der Waals surface area (Å²) in [6.45, 7) is 7.94. The number of nitrogens with zero attached hydrogens (tertiary/aromatic N) is 5. The van der Waals surface area contributed by atoms with Crippen molar-refractivity contribution in [3.63, 3.8) is 0 Å². The lowest BCUT2D eigenvalue weighted by molar-refractivity contribution is 0.426. The van der Waals surface area contributed by atoms with Crippen LogP contribution >= 0.6 is 15.2 Å². The van der Waals surface area contributed by atoms with E-state index in [0.717, 1.165) is 18.9 Å². The first kappa shape index (κ1) is 32.2. The van der Waals surface area contributed by atoms with Crippen LogP contribution in [0.2, 0.25) is 0 Å². The second kappa shape index (κ2) is 13.6. The summed E-state index contributed by atoms with van der Waals surface area (Å²) in [4.78, 5) is 4.39. The average molecular weight is 566 g/mol. The third-order valence-corrected chi connectivity index (χ3v) is 17.7. The van der Waals surface area contributed by atoms with Crippen molar-refractivity contribution in [2.24, 2.45) is 4.74 Å². The Labute approximate surface area is 236 Å². The lowest BCUT2D eigenvalue weighted by Gasteiger charge is -2.50. The molecular formula is C30H59N6P2+. The van der Waals surface area contributed by atoms with Crippen LogP contribution < -0.4 is 4.86 Å². The van der Waals surface area contributed by atoms with E-state index in [2.05, 4.69) is 118 Å². The van der Waals surface area contributed by atoms with Crippen molar-refractivity contribution in [2.75, 3.05) is 55.9 Å². The van der Waals surface area contributed by atoms with Gasteiger partial charge in [0, 0.05) is 54.5 Å². The second-order valence-corrected chi connectivity index (χ2v) is 20.5. The van der Waals surface area contributed by atoms with Gasteiger partial charge in [0.2, 0.25) is 0 Å². The lowest BCUT2D eigenvalue weighted by Crippen LogP contribution is -2.48. The minimum absolute atomic E-state index is 0.118.